The highest BCUT2D eigenvalue weighted by molar-refractivity contribution is 9.10. The molecule has 1 amide bonds. The van der Waals surface area contributed by atoms with E-state index in [0.29, 0.717) is 5.75 Å². The number of rotatable bonds is 6. The third-order valence-electron chi connectivity index (χ3n) is 3.51. The lowest BCUT2D eigenvalue weighted by atomic mass is 10.1. The largest absolute Gasteiger partial charge is 0.483 e. The second-order valence-corrected chi connectivity index (χ2v) is 8.10. The molecule has 3 N–H and O–H groups in total. The molecule has 8 heteroatoms. The van der Waals surface area contributed by atoms with Gasteiger partial charge in [0.05, 0.1) is 4.90 Å². The van der Waals surface area contributed by atoms with Crippen molar-refractivity contribution >= 4 is 31.9 Å². The van der Waals surface area contributed by atoms with Gasteiger partial charge in [0.25, 0.3) is 5.91 Å². The lowest BCUT2D eigenvalue weighted by molar-refractivity contribution is -0.123. The number of carbonyl (C=O) groups is 1. The molecule has 0 saturated heterocycles. The highest BCUT2D eigenvalue weighted by Gasteiger charge is 2.10. The van der Waals surface area contributed by atoms with Gasteiger partial charge in [-0.3, -0.25) is 4.79 Å². The van der Waals surface area contributed by atoms with Gasteiger partial charge in [-0.2, -0.15) is 0 Å². The van der Waals surface area contributed by atoms with Crippen molar-refractivity contribution in [2.75, 3.05) is 6.61 Å². The topological polar surface area (TPSA) is 98.5 Å². The van der Waals surface area contributed by atoms with Crippen LogP contribution in [0.5, 0.6) is 5.75 Å². The summed E-state index contributed by atoms with van der Waals surface area (Å²) in [6.45, 7) is 4.00. The fourth-order valence-electron chi connectivity index (χ4n) is 2.31. The fourth-order valence-corrected chi connectivity index (χ4v) is 3.51. The van der Waals surface area contributed by atoms with Gasteiger partial charge in [0.2, 0.25) is 10.0 Å². The van der Waals surface area contributed by atoms with Crippen molar-refractivity contribution in [2.45, 2.75) is 25.3 Å². The van der Waals surface area contributed by atoms with Gasteiger partial charge in [0.15, 0.2) is 6.61 Å². The van der Waals surface area contributed by atoms with Gasteiger partial charge < -0.3 is 10.1 Å². The molecule has 0 atom stereocenters. The Bertz CT molecular complexity index is 857. The van der Waals surface area contributed by atoms with Gasteiger partial charge in [-0.1, -0.05) is 28.1 Å². The van der Waals surface area contributed by atoms with E-state index >= 15 is 0 Å². The van der Waals surface area contributed by atoms with E-state index in [1.807, 2.05) is 26.0 Å². The zero-order chi connectivity index (χ0) is 18.6. The third kappa shape index (κ3) is 5.55. The minimum absolute atomic E-state index is 0.0344. The molecular weight excluding hydrogens is 408 g/mol. The van der Waals surface area contributed by atoms with E-state index in [0.717, 1.165) is 21.2 Å². The number of halogens is 1. The first-order valence-corrected chi connectivity index (χ1v) is 9.79. The average molecular weight is 427 g/mol. The van der Waals surface area contributed by atoms with Crippen molar-refractivity contribution in [3.05, 3.63) is 57.6 Å². The van der Waals surface area contributed by atoms with E-state index in [4.69, 9.17) is 9.88 Å². The van der Waals surface area contributed by atoms with E-state index in [1.165, 1.54) is 12.1 Å². The normalized spacial score (nSPS) is 11.2. The number of hydrogen-bond acceptors (Lipinski definition) is 4. The monoisotopic (exact) mass is 426 g/mol. The first-order chi connectivity index (χ1) is 11.7. The molecule has 0 aliphatic rings. The lowest BCUT2D eigenvalue weighted by Gasteiger charge is -2.13. The van der Waals surface area contributed by atoms with Gasteiger partial charge in [0, 0.05) is 11.0 Å². The predicted molar refractivity (Wildman–Crippen MR) is 98.8 cm³/mol. The molecule has 2 aromatic carbocycles. The molecule has 0 bridgehead atoms. The van der Waals surface area contributed by atoms with E-state index in [2.05, 4.69) is 21.2 Å². The number of primary sulfonamides is 1. The van der Waals surface area contributed by atoms with Crippen molar-refractivity contribution < 1.29 is 17.9 Å². The summed E-state index contributed by atoms with van der Waals surface area (Å²) in [5, 5.41) is 7.76. The third-order valence-corrected chi connectivity index (χ3v) is 4.90. The molecule has 0 radical (unpaired) electrons. The van der Waals surface area contributed by atoms with E-state index in [9.17, 15) is 13.2 Å². The number of sulfonamides is 1. The highest BCUT2D eigenvalue weighted by Crippen LogP contribution is 2.27. The Balaban J connectivity index is 1.89. The van der Waals surface area contributed by atoms with Gasteiger partial charge in [-0.15, -0.1) is 0 Å². The van der Waals surface area contributed by atoms with Crippen LogP contribution in [0.3, 0.4) is 0 Å². The maximum atomic E-state index is 11.9. The summed E-state index contributed by atoms with van der Waals surface area (Å²) in [6.07, 6.45) is 0. The molecule has 0 saturated carbocycles. The van der Waals surface area contributed by atoms with Crippen LogP contribution in [0.2, 0.25) is 0 Å². The quantitative estimate of drug-likeness (QED) is 0.740. The Hall–Kier alpha value is -1.90. The Morgan fingerprint density at radius 2 is 1.72 bits per heavy atom. The molecule has 0 aliphatic carbocycles. The molecule has 25 heavy (non-hydrogen) atoms. The minimum Gasteiger partial charge on any atom is -0.483 e. The number of benzene rings is 2. The molecule has 6 nitrogen and oxygen atoms in total. The van der Waals surface area contributed by atoms with Crippen molar-refractivity contribution in [1.82, 2.24) is 5.32 Å². The molecule has 0 aliphatic heterocycles. The SMILES string of the molecule is Cc1cc(Br)cc(C)c1OCC(=O)NCc1ccc(S(N)(=O)=O)cc1. The smallest absolute Gasteiger partial charge is 0.258 e. The number of amides is 1. The summed E-state index contributed by atoms with van der Waals surface area (Å²) < 4.78 is 29.0. The van der Waals surface area contributed by atoms with Crippen LogP contribution in [-0.2, 0) is 21.4 Å². The summed E-state index contributed by atoms with van der Waals surface area (Å²) in [7, 11) is -3.71. The predicted octanol–water partition coefficient (Wildman–Crippen LogP) is 2.41. The second-order valence-electron chi connectivity index (χ2n) is 5.62. The molecule has 0 spiro atoms. The van der Waals surface area contributed by atoms with E-state index < -0.39 is 10.0 Å². The summed E-state index contributed by atoms with van der Waals surface area (Å²) in [6, 6.07) is 9.86. The maximum absolute atomic E-state index is 11.9. The summed E-state index contributed by atoms with van der Waals surface area (Å²) in [4.78, 5) is 12.0. The molecule has 0 aromatic heterocycles. The molecule has 0 fully saturated rings. The summed E-state index contributed by atoms with van der Waals surface area (Å²) in [5.74, 6) is 0.424. The number of carbonyl (C=O) groups excluding carboxylic acids is 1. The molecular formula is C17H19BrN2O4S. The molecule has 2 rings (SSSR count). The number of hydrogen-bond donors (Lipinski definition) is 2. The number of aryl methyl sites for hydroxylation is 2. The fraction of sp³-hybridized carbons (Fsp3) is 0.235. The van der Waals surface area contributed by atoms with Crippen LogP contribution in [0.4, 0.5) is 0 Å². The zero-order valence-corrected chi connectivity index (χ0v) is 16.3. The minimum atomic E-state index is -3.71. The molecule has 0 unspecified atom stereocenters. The van der Waals surface area contributed by atoms with E-state index in [-0.39, 0.29) is 24.0 Å². The van der Waals surface area contributed by atoms with Gasteiger partial charge in [-0.25, -0.2) is 13.6 Å². The van der Waals surface area contributed by atoms with E-state index in [1.54, 1.807) is 12.1 Å². The van der Waals surface area contributed by atoms with Crippen LogP contribution in [0.15, 0.2) is 45.8 Å². The van der Waals surface area contributed by atoms with Crippen LogP contribution >= 0.6 is 15.9 Å². The number of nitrogens with one attached hydrogen (secondary N) is 1. The first kappa shape index (κ1) is 19.4. The second kappa shape index (κ2) is 7.99. The van der Waals surface area contributed by atoms with Gasteiger partial charge in [-0.05, 0) is 54.8 Å². The molecule has 0 heterocycles. The number of ether oxygens (including phenoxy) is 1. The van der Waals surface area contributed by atoms with Crippen molar-refractivity contribution in [3.63, 3.8) is 0 Å². The highest BCUT2D eigenvalue weighted by atomic mass is 79.9. The van der Waals surface area contributed by atoms with Crippen LogP contribution < -0.4 is 15.2 Å². The lowest BCUT2D eigenvalue weighted by Crippen LogP contribution is -2.28. The molecule has 134 valence electrons. The Labute approximate surface area is 155 Å². The van der Waals surface area contributed by atoms with Crippen molar-refractivity contribution in [1.29, 1.82) is 0 Å². The van der Waals surface area contributed by atoms with Crippen molar-refractivity contribution in [2.24, 2.45) is 5.14 Å². The van der Waals surface area contributed by atoms with Crippen LogP contribution in [0.1, 0.15) is 16.7 Å². The van der Waals surface area contributed by atoms with Gasteiger partial charge in [0.1, 0.15) is 5.75 Å². The van der Waals surface area contributed by atoms with Crippen LogP contribution in [0, 0.1) is 13.8 Å². The standard InChI is InChI=1S/C17H19BrN2O4S/c1-11-7-14(18)8-12(2)17(11)24-10-16(21)20-9-13-3-5-15(6-4-13)25(19,22)23/h3-8H,9-10H2,1-2H3,(H,20,21)(H2,19,22,23). The van der Waals surface area contributed by atoms with Gasteiger partial charge >= 0.3 is 0 Å². The Morgan fingerprint density at radius 1 is 1.16 bits per heavy atom. The first-order valence-electron chi connectivity index (χ1n) is 7.45. The maximum Gasteiger partial charge on any atom is 0.258 e. The van der Waals surface area contributed by atoms with Crippen molar-refractivity contribution in [3.8, 4) is 5.75 Å². The number of nitrogens with two attached hydrogens (primary N) is 1. The molecule has 2 aromatic rings. The zero-order valence-electron chi connectivity index (χ0n) is 13.9. The Morgan fingerprint density at radius 3 is 2.24 bits per heavy atom. The average Bonchev–Trinajstić information content (AvgIpc) is 2.51. The Kier molecular flexibility index (Phi) is 6.21. The van der Waals surface area contributed by atoms with Crippen LogP contribution in [-0.4, -0.2) is 20.9 Å². The summed E-state index contributed by atoms with van der Waals surface area (Å²) in [5.41, 5.74) is 2.65. The van der Waals surface area contributed by atoms with Crippen LogP contribution in [0.25, 0.3) is 0 Å². The summed E-state index contributed by atoms with van der Waals surface area (Å²) >= 11 is 3.41.